The Bertz CT molecular complexity index is 1020. The fraction of sp³-hybridized carbons (Fsp3) is 0.583. The van der Waals surface area contributed by atoms with E-state index in [4.69, 9.17) is 4.74 Å². The van der Waals surface area contributed by atoms with Gasteiger partial charge < -0.3 is 19.9 Å². The molecule has 4 saturated heterocycles. The molecule has 1 aromatic carbocycles. The number of carbonyl (C=O) groups is 1. The van der Waals surface area contributed by atoms with E-state index < -0.39 is 11.6 Å². The molecule has 4 aliphatic rings. The number of anilines is 1. The minimum absolute atomic E-state index is 0.0611. The standard InChI is InChI=1S/C24H30F2N6O2/c1-23(8-13-31-11-6-17(23)7-12-31)30-20(33)24(26)9-14-32(15-10-24)21-27-16-28-22(29-21)34-19-4-2-18(25)3-5-19/h2-5,16-17H,6-15H2,1H3,(H,30,33). The lowest BCUT2D eigenvalue weighted by Crippen LogP contribution is -2.59. The first-order chi connectivity index (χ1) is 16.3. The van der Waals surface area contributed by atoms with Crippen LogP contribution in [0.3, 0.4) is 0 Å². The lowest BCUT2D eigenvalue weighted by Gasteiger charge is -2.41. The van der Waals surface area contributed by atoms with Crippen molar-refractivity contribution in [1.29, 1.82) is 0 Å². The molecule has 1 N–H and O–H groups in total. The molecule has 8 nitrogen and oxygen atoms in total. The predicted octanol–water partition coefficient (Wildman–Crippen LogP) is 3.10. The number of fused-ring (bicyclic) bond motifs is 4. The van der Waals surface area contributed by atoms with Crippen molar-refractivity contribution in [2.75, 3.05) is 37.6 Å². The minimum atomic E-state index is -1.91. The molecule has 2 bridgehead atoms. The van der Waals surface area contributed by atoms with E-state index in [9.17, 15) is 9.18 Å². The molecule has 182 valence electrons. The molecule has 1 aromatic heterocycles. The Morgan fingerprint density at radius 2 is 1.76 bits per heavy atom. The second kappa shape index (κ2) is 9.05. The Kier molecular flexibility index (Phi) is 6.09. The third-order valence-corrected chi connectivity index (χ3v) is 7.64. The predicted molar refractivity (Wildman–Crippen MR) is 122 cm³/mol. The number of nitrogens with zero attached hydrogens (tertiary/aromatic N) is 5. The number of piperidine rings is 2. The third-order valence-electron chi connectivity index (χ3n) is 7.64. The average molecular weight is 473 g/mol. The molecule has 34 heavy (non-hydrogen) atoms. The van der Waals surface area contributed by atoms with Crippen molar-refractivity contribution in [2.24, 2.45) is 5.92 Å². The molecule has 5 heterocycles. The van der Waals surface area contributed by atoms with Crippen molar-refractivity contribution in [1.82, 2.24) is 25.2 Å². The van der Waals surface area contributed by atoms with Crippen LogP contribution >= 0.6 is 0 Å². The van der Waals surface area contributed by atoms with E-state index in [-0.39, 0.29) is 30.2 Å². The van der Waals surface area contributed by atoms with E-state index in [0.29, 0.717) is 30.7 Å². The van der Waals surface area contributed by atoms with Crippen LogP contribution in [0.1, 0.15) is 39.0 Å². The van der Waals surface area contributed by atoms with Gasteiger partial charge in [-0.25, -0.2) is 13.8 Å². The van der Waals surface area contributed by atoms with Crippen LogP contribution in [0.5, 0.6) is 11.8 Å². The zero-order valence-corrected chi connectivity index (χ0v) is 19.3. The van der Waals surface area contributed by atoms with Gasteiger partial charge in [0, 0.05) is 38.0 Å². The number of rotatable bonds is 5. The number of hydrogen-bond acceptors (Lipinski definition) is 7. The van der Waals surface area contributed by atoms with E-state index in [1.807, 2.05) is 4.90 Å². The molecule has 1 unspecified atom stereocenters. The molecule has 2 aromatic rings. The lowest BCUT2D eigenvalue weighted by molar-refractivity contribution is -0.137. The molecule has 4 fully saturated rings. The Labute approximate surface area is 197 Å². The highest BCUT2D eigenvalue weighted by atomic mass is 19.1. The summed E-state index contributed by atoms with van der Waals surface area (Å²) in [6, 6.07) is 5.60. The molecule has 0 radical (unpaired) electrons. The zero-order valence-electron chi connectivity index (χ0n) is 19.3. The molecule has 0 spiro atoms. The van der Waals surface area contributed by atoms with E-state index in [0.717, 1.165) is 38.9 Å². The van der Waals surface area contributed by atoms with Gasteiger partial charge in [-0.2, -0.15) is 9.97 Å². The van der Waals surface area contributed by atoms with Crippen LogP contribution < -0.4 is 15.0 Å². The summed E-state index contributed by atoms with van der Waals surface area (Å²) in [5.74, 6) is 0.286. The average Bonchev–Trinajstić information content (AvgIpc) is 3.09. The van der Waals surface area contributed by atoms with Crippen molar-refractivity contribution in [3.8, 4) is 11.8 Å². The number of hydrogen-bond donors (Lipinski definition) is 1. The molecule has 1 amide bonds. The first kappa shape index (κ1) is 22.9. The van der Waals surface area contributed by atoms with Gasteiger partial charge in [0.2, 0.25) is 5.95 Å². The number of aromatic nitrogens is 3. The van der Waals surface area contributed by atoms with E-state index in [2.05, 4.69) is 32.1 Å². The van der Waals surface area contributed by atoms with E-state index in [1.165, 1.54) is 30.6 Å². The second-order valence-corrected chi connectivity index (χ2v) is 9.81. The van der Waals surface area contributed by atoms with Gasteiger partial charge in [0.1, 0.15) is 17.9 Å². The number of carbonyl (C=O) groups excluding carboxylic acids is 1. The summed E-state index contributed by atoms with van der Waals surface area (Å²) >= 11 is 0. The van der Waals surface area contributed by atoms with Crippen LogP contribution in [0.2, 0.25) is 0 Å². The fourth-order valence-electron chi connectivity index (χ4n) is 5.30. The molecule has 0 saturated carbocycles. The summed E-state index contributed by atoms with van der Waals surface area (Å²) in [5.41, 5.74) is -2.27. The normalized spacial score (nSPS) is 28.3. The Morgan fingerprint density at radius 1 is 1.06 bits per heavy atom. The summed E-state index contributed by atoms with van der Waals surface area (Å²) < 4.78 is 34.4. The van der Waals surface area contributed by atoms with Crippen LogP contribution in [0.4, 0.5) is 14.7 Å². The summed E-state index contributed by atoms with van der Waals surface area (Å²) in [6.45, 7) is 5.75. The number of alkyl halides is 1. The number of halogens is 2. The summed E-state index contributed by atoms with van der Waals surface area (Å²) in [7, 11) is 0. The summed E-state index contributed by atoms with van der Waals surface area (Å²) in [4.78, 5) is 29.9. The monoisotopic (exact) mass is 472 g/mol. The Balaban J connectivity index is 1.21. The SMILES string of the molecule is CC1(NC(=O)C2(F)CCN(c3ncnc(Oc4ccc(F)cc4)n3)CC2)CCN2CCC1CC2. The van der Waals surface area contributed by atoms with Crippen LogP contribution in [-0.2, 0) is 4.79 Å². The smallest absolute Gasteiger partial charge is 0.326 e. The largest absolute Gasteiger partial charge is 0.424 e. The minimum Gasteiger partial charge on any atom is -0.424 e. The van der Waals surface area contributed by atoms with Crippen LogP contribution in [0.25, 0.3) is 0 Å². The summed E-state index contributed by atoms with van der Waals surface area (Å²) in [6.07, 6.45) is 4.39. The van der Waals surface area contributed by atoms with E-state index in [1.54, 1.807) is 0 Å². The van der Waals surface area contributed by atoms with Crippen LogP contribution in [0.15, 0.2) is 30.6 Å². The van der Waals surface area contributed by atoms with Gasteiger partial charge in [0.15, 0.2) is 5.67 Å². The first-order valence-electron chi connectivity index (χ1n) is 11.9. The zero-order chi connectivity index (χ0) is 23.8. The van der Waals surface area contributed by atoms with Crippen molar-refractivity contribution < 1.29 is 18.3 Å². The van der Waals surface area contributed by atoms with E-state index >= 15 is 4.39 Å². The quantitative estimate of drug-likeness (QED) is 0.716. The summed E-state index contributed by atoms with van der Waals surface area (Å²) in [5, 5.41) is 3.12. The maximum absolute atomic E-state index is 15.8. The van der Waals surface area contributed by atoms with Gasteiger partial charge in [-0.1, -0.05) is 0 Å². The highest BCUT2D eigenvalue weighted by Crippen LogP contribution is 2.37. The van der Waals surface area contributed by atoms with Crippen LogP contribution in [-0.4, -0.2) is 69.7 Å². The van der Waals surface area contributed by atoms with Gasteiger partial charge in [-0.15, -0.1) is 0 Å². The lowest BCUT2D eigenvalue weighted by atomic mass is 9.78. The van der Waals surface area contributed by atoms with Gasteiger partial charge >= 0.3 is 6.01 Å². The van der Waals surface area contributed by atoms with Gasteiger partial charge in [-0.3, -0.25) is 4.79 Å². The number of ether oxygens (including phenoxy) is 1. The highest BCUT2D eigenvalue weighted by Gasteiger charge is 2.47. The molecule has 1 atom stereocenters. The molecule has 0 aliphatic carbocycles. The Hall–Kier alpha value is -2.88. The number of benzene rings is 1. The molecule has 6 rings (SSSR count). The second-order valence-electron chi connectivity index (χ2n) is 9.81. The van der Waals surface area contributed by atoms with Crippen LogP contribution in [0, 0.1) is 11.7 Å². The van der Waals surface area contributed by atoms with Gasteiger partial charge in [-0.05, 0) is 69.5 Å². The molecular weight excluding hydrogens is 442 g/mol. The molecule has 4 aliphatic heterocycles. The van der Waals surface area contributed by atoms with Crippen molar-refractivity contribution >= 4 is 11.9 Å². The maximum atomic E-state index is 15.8. The highest BCUT2D eigenvalue weighted by molar-refractivity contribution is 5.86. The van der Waals surface area contributed by atoms with Crippen molar-refractivity contribution in [2.45, 2.75) is 50.2 Å². The number of amides is 1. The maximum Gasteiger partial charge on any atom is 0.326 e. The number of nitrogens with one attached hydrogen (secondary N) is 1. The fourth-order valence-corrected chi connectivity index (χ4v) is 5.30. The van der Waals surface area contributed by atoms with Gasteiger partial charge in [0.25, 0.3) is 5.91 Å². The Morgan fingerprint density at radius 3 is 2.47 bits per heavy atom. The van der Waals surface area contributed by atoms with Crippen molar-refractivity contribution in [3.05, 3.63) is 36.4 Å². The van der Waals surface area contributed by atoms with Crippen molar-refractivity contribution in [3.63, 3.8) is 0 Å². The van der Waals surface area contributed by atoms with Gasteiger partial charge in [0.05, 0.1) is 0 Å². The molecular formula is C24H30F2N6O2. The first-order valence-corrected chi connectivity index (χ1v) is 11.9. The topological polar surface area (TPSA) is 83.5 Å². The third kappa shape index (κ3) is 4.68. The molecule has 10 heteroatoms.